The molecule has 0 amide bonds. The van der Waals surface area contributed by atoms with Crippen molar-refractivity contribution in [2.45, 2.75) is 24.7 Å². The molecule has 3 N–H and O–H groups in total. The highest BCUT2D eigenvalue weighted by Gasteiger charge is 2.28. The second-order valence-electron chi connectivity index (χ2n) is 8.60. The number of aromatic amines is 1. The van der Waals surface area contributed by atoms with E-state index >= 15 is 4.39 Å². The Kier molecular flexibility index (Phi) is 5.91. The lowest BCUT2D eigenvalue weighted by Gasteiger charge is -2.13. The van der Waals surface area contributed by atoms with Crippen molar-refractivity contribution in [3.63, 3.8) is 0 Å². The summed E-state index contributed by atoms with van der Waals surface area (Å²) in [6.07, 6.45) is 4.73. The molecule has 4 aromatic rings. The number of aryl methyl sites for hydroxylation is 1. The molecule has 1 aliphatic rings. The van der Waals surface area contributed by atoms with E-state index in [1.165, 1.54) is 25.5 Å². The molecule has 0 unspecified atom stereocenters. The number of nitrogens with zero attached hydrogens (tertiary/aromatic N) is 2. The number of benzene rings is 2. The van der Waals surface area contributed by atoms with Crippen molar-refractivity contribution < 1.29 is 26.4 Å². The van der Waals surface area contributed by atoms with E-state index in [0.29, 0.717) is 23.9 Å². The van der Waals surface area contributed by atoms with E-state index in [-0.39, 0.29) is 16.5 Å². The first-order chi connectivity index (χ1) is 17.2. The molecule has 1 saturated carbocycles. The Balaban J connectivity index is 1.53. The van der Waals surface area contributed by atoms with Crippen LogP contribution in [-0.4, -0.2) is 35.7 Å². The molecule has 0 saturated heterocycles. The van der Waals surface area contributed by atoms with E-state index in [1.807, 2.05) is 4.72 Å². The lowest BCUT2D eigenvalue weighted by atomic mass is 10.0. The maximum absolute atomic E-state index is 15.4. The fourth-order valence-electron chi connectivity index (χ4n) is 3.88. The van der Waals surface area contributed by atoms with Gasteiger partial charge in [-0.1, -0.05) is 6.07 Å². The van der Waals surface area contributed by atoms with Gasteiger partial charge in [0.15, 0.2) is 5.82 Å². The van der Waals surface area contributed by atoms with Gasteiger partial charge in [-0.25, -0.2) is 31.6 Å². The number of hydrogen-bond donors (Lipinski definition) is 3. The fourth-order valence-corrected chi connectivity index (χ4v) is 5.19. The third kappa shape index (κ3) is 4.39. The van der Waals surface area contributed by atoms with Gasteiger partial charge >= 0.3 is 0 Å². The summed E-state index contributed by atoms with van der Waals surface area (Å²) in [5.74, 6) is -3.57. The largest absolute Gasteiger partial charge is 0.369 e. The first-order valence-corrected chi connectivity index (χ1v) is 12.5. The first-order valence-electron chi connectivity index (χ1n) is 11.0. The van der Waals surface area contributed by atoms with E-state index in [1.54, 1.807) is 0 Å². The van der Waals surface area contributed by atoms with Crippen LogP contribution in [0.15, 0.2) is 47.8 Å². The van der Waals surface area contributed by atoms with Gasteiger partial charge in [0.1, 0.15) is 29.4 Å². The highest BCUT2D eigenvalue weighted by atomic mass is 32.2. The number of carbonyl (C=O) groups is 1. The second-order valence-corrected chi connectivity index (χ2v) is 10.3. The third-order valence-electron chi connectivity index (χ3n) is 5.97. The molecule has 0 radical (unpaired) electrons. The van der Waals surface area contributed by atoms with E-state index in [0.717, 1.165) is 37.1 Å². The molecule has 0 spiro atoms. The van der Waals surface area contributed by atoms with Crippen LogP contribution in [0.5, 0.6) is 0 Å². The number of H-pyrrole nitrogens is 1. The Hall–Kier alpha value is -3.93. The second kappa shape index (κ2) is 8.94. The Morgan fingerprint density at radius 3 is 2.67 bits per heavy atom. The molecule has 0 bridgehead atoms. The Labute approximate surface area is 204 Å². The Bertz CT molecular complexity index is 1620. The summed E-state index contributed by atoms with van der Waals surface area (Å²) >= 11 is 0. The zero-order valence-electron chi connectivity index (χ0n) is 18.9. The van der Waals surface area contributed by atoms with Gasteiger partial charge in [-0.3, -0.25) is 9.52 Å². The fraction of sp³-hybridized carbons (Fsp3) is 0.208. The average molecular weight is 516 g/mol. The van der Waals surface area contributed by atoms with Crippen LogP contribution in [0.1, 0.15) is 34.3 Å². The molecule has 8 nitrogen and oxygen atoms in total. The van der Waals surface area contributed by atoms with Gasteiger partial charge in [-0.2, -0.15) is 0 Å². The number of nitrogens with one attached hydrogen (secondary N) is 3. The van der Waals surface area contributed by atoms with Crippen LogP contribution in [0.2, 0.25) is 0 Å². The minimum Gasteiger partial charge on any atom is -0.369 e. The molecule has 12 heteroatoms. The summed E-state index contributed by atoms with van der Waals surface area (Å²) in [4.78, 5) is 24.0. The van der Waals surface area contributed by atoms with Crippen LogP contribution < -0.4 is 10.0 Å². The van der Waals surface area contributed by atoms with Crippen molar-refractivity contribution in [2.75, 3.05) is 16.6 Å². The zero-order valence-corrected chi connectivity index (χ0v) is 19.7. The molecule has 1 aliphatic carbocycles. The SMILES string of the molecule is Cc1ccc(F)cc1S(=O)(=O)Nc1ccc(F)c(C(=O)c2c[nH]c3ncnc(NCC4CC4)c23)c1F. The number of rotatable bonds is 8. The summed E-state index contributed by atoms with van der Waals surface area (Å²) in [7, 11) is -4.45. The van der Waals surface area contributed by atoms with E-state index in [4.69, 9.17) is 0 Å². The van der Waals surface area contributed by atoms with Gasteiger partial charge in [-0.15, -0.1) is 0 Å². The van der Waals surface area contributed by atoms with Crippen molar-refractivity contribution in [3.8, 4) is 0 Å². The topological polar surface area (TPSA) is 117 Å². The first kappa shape index (κ1) is 23.8. The molecule has 2 aromatic heterocycles. The number of ketones is 1. The number of aromatic nitrogens is 3. The Morgan fingerprint density at radius 1 is 1.14 bits per heavy atom. The minimum atomic E-state index is -4.45. The molecule has 0 atom stereocenters. The van der Waals surface area contributed by atoms with Gasteiger partial charge in [0.05, 0.1) is 27.1 Å². The maximum atomic E-state index is 15.4. The molecular formula is C24H20F3N5O3S. The summed E-state index contributed by atoms with van der Waals surface area (Å²) in [6, 6.07) is 4.77. The standard InChI is InChI=1S/C24H20F3N5O3S/c1-12-2-5-14(25)8-18(12)36(34,35)32-17-7-6-16(26)20(21(17)27)22(33)15-10-29-24-19(15)23(30-11-31-24)28-9-13-3-4-13/h2,5-8,10-11,13,32H,3-4,9H2,1H3,(H2,28,29,30,31). The third-order valence-corrected chi connectivity index (χ3v) is 7.48. The van der Waals surface area contributed by atoms with Crippen molar-refractivity contribution in [2.24, 2.45) is 5.92 Å². The predicted molar refractivity (Wildman–Crippen MR) is 127 cm³/mol. The number of anilines is 2. The van der Waals surface area contributed by atoms with Crippen molar-refractivity contribution in [1.29, 1.82) is 0 Å². The van der Waals surface area contributed by atoms with Gasteiger partial charge in [0.2, 0.25) is 5.78 Å². The van der Waals surface area contributed by atoms with Crippen molar-refractivity contribution in [3.05, 3.63) is 77.0 Å². The number of hydrogen-bond acceptors (Lipinski definition) is 6. The van der Waals surface area contributed by atoms with Crippen LogP contribution in [0.25, 0.3) is 11.0 Å². The smallest absolute Gasteiger partial charge is 0.262 e. The van der Waals surface area contributed by atoms with Gasteiger partial charge < -0.3 is 10.3 Å². The van der Waals surface area contributed by atoms with Crippen LogP contribution in [0.4, 0.5) is 24.7 Å². The highest BCUT2D eigenvalue weighted by molar-refractivity contribution is 7.92. The number of carbonyl (C=O) groups excluding carboxylic acids is 1. The van der Waals surface area contributed by atoms with Gasteiger partial charge in [0.25, 0.3) is 10.0 Å². The van der Waals surface area contributed by atoms with E-state index in [9.17, 15) is 22.0 Å². The number of fused-ring (bicyclic) bond motifs is 1. The van der Waals surface area contributed by atoms with Crippen LogP contribution in [0.3, 0.4) is 0 Å². The molecule has 36 heavy (non-hydrogen) atoms. The van der Waals surface area contributed by atoms with Crippen molar-refractivity contribution >= 4 is 38.3 Å². The molecule has 2 aromatic carbocycles. The van der Waals surface area contributed by atoms with Crippen molar-refractivity contribution in [1.82, 2.24) is 15.0 Å². The molecule has 1 fully saturated rings. The average Bonchev–Trinajstić information content (AvgIpc) is 3.57. The molecular weight excluding hydrogens is 495 g/mol. The summed E-state index contributed by atoms with van der Waals surface area (Å²) < 4.78 is 71.5. The summed E-state index contributed by atoms with van der Waals surface area (Å²) in [5, 5.41) is 3.42. The predicted octanol–water partition coefficient (Wildman–Crippen LogP) is 4.54. The Morgan fingerprint density at radius 2 is 1.92 bits per heavy atom. The summed E-state index contributed by atoms with van der Waals surface area (Å²) in [5.41, 5.74) is -1.18. The van der Waals surface area contributed by atoms with Gasteiger partial charge in [0, 0.05) is 12.7 Å². The summed E-state index contributed by atoms with van der Waals surface area (Å²) in [6.45, 7) is 2.07. The molecule has 2 heterocycles. The maximum Gasteiger partial charge on any atom is 0.262 e. The van der Waals surface area contributed by atoms with E-state index < -0.39 is 49.4 Å². The van der Waals surface area contributed by atoms with E-state index in [2.05, 4.69) is 20.3 Å². The zero-order chi connectivity index (χ0) is 25.6. The van der Waals surface area contributed by atoms with Crippen LogP contribution in [-0.2, 0) is 10.0 Å². The number of halogens is 3. The lowest BCUT2D eigenvalue weighted by molar-refractivity contribution is 0.103. The monoisotopic (exact) mass is 515 g/mol. The van der Waals surface area contributed by atoms with Crippen LogP contribution >= 0.6 is 0 Å². The quantitative estimate of drug-likeness (QED) is 0.297. The normalized spacial score (nSPS) is 13.7. The number of sulfonamides is 1. The minimum absolute atomic E-state index is 0.0809. The molecule has 186 valence electrons. The molecule has 0 aliphatic heterocycles. The molecule has 5 rings (SSSR count). The highest BCUT2D eigenvalue weighted by Crippen LogP contribution is 2.32. The lowest BCUT2D eigenvalue weighted by Crippen LogP contribution is -2.17. The van der Waals surface area contributed by atoms with Gasteiger partial charge in [-0.05, 0) is 55.5 Å². The van der Waals surface area contributed by atoms with Crippen LogP contribution in [0, 0.1) is 30.3 Å².